The fraction of sp³-hybridized carbons (Fsp3) is 0.200. The summed E-state index contributed by atoms with van der Waals surface area (Å²) < 4.78 is 50.1. The van der Waals surface area contributed by atoms with Crippen LogP contribution in [0.2, 0.25) is 0 Å². The van der Waals surface area contributed by atoms with E-state index in [2.05, 4.69) is 15.5 Å². The van der Waals surface area contributed by atoms with Gasteiger partial charge in [0.1, 0.15) is 5.82 Å². The van der Waals surface area contributed by atoms with E-state index in [1.54, 1.807) is 12.1 Å². The summed E-state index contributed by atoms with van der Waals surface area (Å²) in [6.07, 6.45) is 0. The van der Waals surface area contributed by atoms with Crippen LogP contribution >= 0.6 is 0 Å². The highest BCUT2D eigenvalue weighted by molar-refractivity contribution is 7.89. The number of hydrogen-bond donors (Lipinski definition) is 2. The van der Waals surface area contributed by atoms with Crippen molar-refractivity contribution in [2.75, 3.05) is 33.1 Å². The fourth-order valence-electron chi connectivity index (χ4n) is 2.82. The minimum absolute atomic E-state index is 0.0476. The normalized spacial score (nSPS) is 11.4. The number of sulfonamides is 1. The lowest BCUT2D eigenvalue weighted by molar-refractivity contribution is -0.116. The first-order chi connectivity index (χ1) is 14.7. The van der Waals surface area contributed by atoms with Gasteiger partial charge in [-0.15, -0.1) is 0 Å². The summed E-state index contributed by atoms with van der Waals surface area (Å²) in [6.45, 7) is -0.446. The van der Waals surface area contributed by atoms with Gasteiger partial charge in [0, 0.05) is 24.7 Å². The smallest absolute Gasteiger partial charge is 0.243 e. The third-order valence-corrected chi connectivity index (χ3v) is 6.21. The number of carbonyl (C=O) groups excluding carboxylic acids is 1. The van der Waals surface area contributed by atoms with Gasteiger partial charge in [0.15, 0.2) is 17.3 Å². The summed E-state index contributed by atoms with van der Waals surface area (Å²) in [6, 6.07) is 11.6. The zero-order valence-corrected chi connectivity index (χ0v) is 17.9. The van der Waals surface area contributed by atoms with E-state index in [1.165, 1.54) is 57.7 Å². The quantitative estimate of drug-likeness (QED) is 0.547. The van der Waals surface area contributed by atoms with Gasteiger partial charge in [0.25, 0.3) is 0 Å². The number of likely N-dealkylation sites (N-methyl/N-ethyl adjacent to an activating group) is 1. The minimum atomic E-state index is -3.96. The largest absolute Gasteiger partial charge is 0.493 e. The third kappa shape index (κ3) is 5.01. The van der Waals surface area contributed by atoms with Crippen LogP contribution in [0.1, 0.15) is 0 Å². The van der Waals surface area contributed by atoms with Crippen LogP contribution in [0.5, 0.6) is 11.5 Å². The molecule has 0 atom stereocenters. The maximum Gasteiger partial charge on any atom is 0.243 e. The Balaban J connectivity index is 1.69. The Kier molecular flexibility index (Phi) is 6.56. The van der Waals surface area contributed by atoms with E-state index in [-0.39, 0.29) is 16.5 Å². The first kappa shape index (κ1) is 22.2. The molecule has 3 rings (SSSR count). The summed E-state index contributed by atoms with van der Waals surface area (Å²) in [5.41, 5.74) is 1.06. The van der Waals surface area contributed by atoms with Gasteiger partial charge in [-0.25, -0.2) is 12.8 Å². The second-order valence-electron chi connectivity index (χ2n) is 6.50. The molecule has 2 N–H and O–H groups in total. The van der Waals surface area contributed by atoms with E-state index < -0.39 is 28.3 Å². The van der Waals surface area contributed by atoms with E-state index in [9.17, 15) is 17.6 Å². The molecule has 0 bridgehead atoms. The number of rotatable bonds is 8. The molecule has 0 aliphatic carbocycles. The van der Waals surface area contributed by atoms with Gasteiger partial charge in [-0.2, -0.15) is 9.40 Å². The number of benzene rings is 2. The molecular weight excluding hydrogens is 427 g/mol. The number of anilines is 1. The molecule has 2 aromatic carbocycles. The van der Waals surface area contributed by atoms with Crippen molar-refractivity contribution in [2.45, 2.75) is 4.90 Å². The summed E-state index contributed by atoms with van der Waals surface area (Å²) in [4.78, 5) is 12.3. The van der Waals surface area contributed by atoms with Gasteiger partial charge < -0.3 is 14.8 Å². The fourth-order valence-corrected chi connectivity index (χ4v) is 3.96. The summed E-state index contributed by atoms with van der Waals surface area (Å²) >= 11 is 0. The molecular formula is C20H21FN4O5S. The molecule has 0 unspecified atom stereocenters. The number of H-pyrrole nitrogens is 1. The predicted octanol–water partition coefficient (Wildman–Crippen LogP) is 2.49. The van der Waals surface area contributed by atoms with E-state index in [0.29, 0.717) is 17.0 Å². The molecule has 1 aromatic heterocycles. The van der Waals surface area contributed by atoms with E-state index in [0.717, 1.165) is 4.31 Å². The van der Waals surface area contributed by atoms with Crippen molar-refractivity contribution >= 4 is 21.7 Å². The number of aromatic amines is 1. The van der Waals surface area contributed by atoms with E-state index >= 15 is 0 Å². The van der Waals surface area contributed by atoms with Gasteiger partial charge in [-0.05, 0) is 24.3 Å². The van der Waals surface area contributed by atoms with Crippen molar-refractivity contribution in [1.82, 2.24) is 14.5 Å². The Hall–Kier alpha value is -3.44. The minimum Gasteiger partial charge on any atom is -0.493 e. The number of halogens is 1. The maximum absolute atomic E-state index is 13.4. The van der Waals surface area contributed by atoms with Crippen molar-refractivity contribution < 1.29 is 27.1 Å². The summed E-state index contributed by atoms with van der Waals surface area (Å²) in [7, 11) is 0.165. The molecule has 0 aliphatic rings. The summed E-state index contributed by atoms with van der Waals surface area (Å²) in [5.74, 6) is -0.179. The molecule has 0 saturated carbocycles. The SMILES string of the molecule is COc1ccc(S(=O)(=O)N(C)CC(=O)Nc2cc(-c3cccc(F)c3)[nH]n2)cc1OC. The first-order valence-electron chi connectivity index (χ1n) is 9.04. The molecule has 0 radical (unpaired) electrons. The topological polar surface area (TPSA) is 114 Å². The zero-order chi connectivity index (χ0) is 22.6. The van der Waals surface area contributed by atoms with Crippen LogP contribution in [0.15, 0.2) is 53.4 Å². The second-order valence-corrected chi connectivity index (χ2v) is 8.55. The molecule has 31 heavy (non-hydrogen) atoms. The highest BCUT2D eigenvalue weighted by Crippen LogP contribution is 2.30. The average molecular weight is 448 g/mol. The number of nitrogens with zero attached hydrogens (tertiary/aromatic N) is 2. The molecule has 0 aliphatic heterocycles. The molecule has 9 nitrogen and oxygen atoms in total. The van der Waals surface area contributed by atoms with Gasteiger partial charge in [-0.3, -0.25) is 9.89 Å². The van der Waals surface area contributed by atoms with Crippen LogP contribution in [0, 0.1) is 5.82 Å². The number of aromatic nitrogens is 2. The zero-order valence-electron chi connectivity index (χ0n) is 17.0. The van der Waals surface area contributed by atoms with Gasteiger partial charge in [-0.1, -0.05) is 12.1 Å². The number of methoxy groups -OCH3 is 2. The number of amides is 1. The van der Waals surface area contributed by atoms with Crippen LogP contribution in [0.25, 0.3) is 11.3 Å². The van der Waals surface area contributed by atoms with Crippen molar-refractivity contribution in [3.8, 4) is 22.8 Å². The molecule has 11 heteroatoms. The number of ether oxygens (including phenoxy) is 2. The average Bonchev–Trinajstić information content (AvgIpc) is 3.21. The molecule has 3 aromatic rings. The Labute approximate surface area is 178 Å². The maximum atomic E-state index is 13.4. The molecule has 1 amide bonds. The highest BCUT2D eigenvalue weighted by atomic mass is 32.2. The standard InChI is InChI=1S/C20H21FN4O5S/c1-25(31(27,28)15-7-8-17(29-2)18(10-15)30-3)12-20(26)22-19-11-16(23-24-19)13-5-4-6-14(21)9-13/h4-11H,12H2,1-3H3,(H2,22,23,24,26). The van der Waals surface area contributed by atoms with Crippen molar-refractivity contribution in [3.63, 3.8) is 0 Å². The van der Waals surface area contributed by atoms with Crippen LogP contribution < -0.4 is 14.8 Å². The van der Waals surface area contributed by atoms with Gasteiger partial charge in [0.05, 0.1) is 31.4 Å². The van der Waals surface area contributed by atoms with Gasteiger partial charge in [0.2, 0.25) is 15.9 Å². The first-order valence-corrected chi connectivity index (χ1v) is 10.5. The Morgan fingerprint density at radius 3 is 2.55 bits per heavy atom. The monoisotopic (exact) mass is 448 g/mol. The number of hydrogen-bond acceptors (Lipinski definition) is 6. The molecule has 0 saturated heterocycles. The van der Waals surface area contributed by atoms with Crippen LogP contribution in [0.4, 0.5) is 10.2 Å². The third-order valence-electron chi connectivity index (χ3n) is 4.41. The predicted molar refractivity (Wildman–Crippen MR) is 112 cm³/mol. The van der Waals surface area contributed by atoms with Crippen molar-refractivity contribution in [2.24, 2.45) is 0 Å². The second kappa shape index (κ2) is 9.14. The van der Waals surface area contributed by atoms with Crippen LogP contribution in [-0.2, 0) is 14.8 Å². The molecule has 164 valence electrons. The summed E-state index contributed by atoms with van der Waals surface area (Å²) in [5, 5.41) is 9.17. The van der Waals surface area contributed by atoms with Crippen molar-refractivity contribution in [1.29, 1.82) is 0 Å². The molecule has 0 spiro atoms. The lowest BCUT2D eigenvalue weighted by Crippen LogP contribution is -2.35. The Morgan fingerprint density at radius 2 is 1.87 bits per heavy atom. The lowest BCUT2D eigenvalue weighted by atomic mass is 10.1. The lowest BCUT2D eigenvalue weighted by Gasteiger charge is -2.17. The Morgan fingerprint density at radius 1 is 1.13 bits per heavy atom. The van der Waals surface area contributed by atoms with Crippen molar-refractivity contribution in [3.05, 3.63) is 54.3 Å². The van der Waals surface area contributed by atoms with E-state index in [1.807, 2.05) is 0 Å². The molecule has 0 fully saturated rings. The van der Waals surface area contributed by atoms with E-state index in [4.69, 9.17) is 9.47 Å². The Bertz CT molecular complexity index is 1200. The van der Waals surface area contributed by atoms with Gasteiger partial charge >= 0.3 is 0 Å². The van der Waals surface area contributed by atoms with Crippen LogP contribution in [0.3, 0.4) is 0 Å². The number of nitrogens with one attached hydrogen (secondary N) is 2. The highest BCUT2D eigenvalue weighted by Gasteiger charge is 2.24. The molecule has 1 heterocycles. The van der Waals surface area contributed by atoms with Crippen LogP contribution in [-0.4, -0.2) is 56.6 Å². The number of carbonyl (C=O) groups is 1.